The van der Waals surface area contributed by atoms with Gasteiger partial charge in [-0.2, -0.15) is 0 Å². The smallest absolute Gasteiger partial charge is 0.410 e. The van der Waals surface area contributed by atoms with E-state index in [-0.39, 0.29) is 18.2 Å². The summed E-state index contributed by atoms with van der Waals surface area (Å²) >= 11 is 5.85. The summed E-state index contributed by atoms with van der Waals surface area (Å²) in [6.07, 6.45) is 4.08. The molecule has 0 saturated carbocycles. The molecular weight excluding hydrogens is 292 g/mol. The van der Waals surface area contributed by atoms with Gasteiger partial charge in [-0.05, 0) is 31.9 Å². The molecule has 1 unspecified atom stereocenters. The minimum Gasteiger partial charge on any atom is -0.450 e. The third-order valence-corrected chi connectivity index (χ3v) is 4.67. The molecule has 2 aliphatic heterocycles. The fourth-order valence-electron chi connectivity index (χ4n) is 3.58. The molecule has 21 heavy (non-hydrogen) atoms. The molecule has 0 aromatic carbocycles. The van der Waals surface area contributed by atoms with Gasteiger partial charge < -0.3 is 14.7 Å². The molecule has 0 spiro atoms. The van der Waals surface area contributed by atoms with Crippen LogP contribution in [0.1, 0.15) is 38.3 Å². The van der Waals surface area contributed by atoms with Gasteiger partial charge in [0.15, 0.2) is 0 Å². The molecule has 1 aromatic rings. The van der Waals surface area contributed by atoms with Crippen LogP contribution >= 0.6 is 11.6 Å². The van der Waals surface area contributed by atoms with Crippen molar-refractivity contribution in [3.8, 4) is 0 Å². The number of pyridine rings is 1. The molecule has 2 bridgehead atoms. The second kappa shape index (κ2) is 5.46. The van der Waals surface area contributed by atoms with Gasteiger partial charge in [0, 0.05) is 31.1 Å². The van der Waals surface area contributed by atoms with Gasteiger partial charge in [0.2, 0.25) is 0 Å². The molecule has 114 valence electrons. The topological polar surface area (TPSA) is 62.7 Å². The molecule has 3 heterocycles. The molecule has 0 aliphatic carbocycles. The predicted octanol–water partition coefficient (Wildman–Crippen LogP) is 2.71. The molecule has 6 heteroatoms. The Morgan fingerprint density at radius 2 is 2.14 bits per heavy atom. The zero-order chi connectivity index (χ0) is 15.0. The highest BCUT2D eigenvalue weighted by atomic mass is 35.5. The Hall–Kier alpha value is -1.33. The van der Waals surface area contributed by atoms with Crippen molar-refractivity contribution in [1.82, 2.24) is 9.88 Å². The second-order valence-electron chi connectivity index (χ2n) is 5.79. The highest BCUT2D eigenvalue weighted by molar-refractivity contribution is 6.30. The third kappa shape index (κ3) is 2.60. The van der Waals surface area contributed by atoms with Crippen molar-refractivity contribution >= 4 is 17.7 Å². The second-order valence-corrected chi connectivity index (χ2v) is 6.23. The zero-order valence-electron chi connectivity index (χ0n) is 12.0. The summed E-state index contributed by atoms with van der Waals surface area (Å²) in [6.45, 7) is 2.18. The van der Waals surface area contributed by atoms with E-state index < -0.39 is 5.60 Å². The Morgan fingerprint density at radius 1 is 1.48 bits per heavy atom. The van der Waals surface area contributed by atoms with Crippen molar-refractivity contribution in [1.29, 1.82) is 0 Å². The van der Waals surface area contributed by atoms with Gasteiger partial charge in [-0.3, -0.25) is 4.98 Å². The van der Waals surface area contributed by atoms with Gasteiger partial charge in [0.05, 0.1) is 17.3 Å². The van der Waals surface area contributed by atoms with E-state index in [2.05, 4.69) is 4.98 Å². The van der Waals surface area contributed by atoms with Crippen LogP contribution in [0, 0.1) is 0 Å². The van der Waals surface area contributed by atoms with E-state index in [0.29, 0.717) is 30.2 Å². The standard InChI is InChI=1S/C15H19ClN2O3/c1-2-21-14(19)18-11-4-5-12(18)8-15(20,7-11)13-6-3-10(16)9-17-13/h3,6,9,11-12,20H,2,4-5,7-8H2,1H3/t11-,12+,15?. The van der Waals surface area contributed by atoms with E-state index in [1.165, 1.54) is 0 Å². The lowest BCUT2D eigenvalue weighted by Gasteiger charge is -2.42. The van der Waals surface area contributed by atoms with Gasteiger partial charge in [0.25, 0.3) is 0 Å². The normalized spacial score (nSPS) is 31.3. The van der Waals surface area contributed by atoms with Crippen molar-refractivity contribution in [3.63, 3.8) is 0 Å². The van der Waals surface area contributed by atoms with E-state index in [0.717, 1.165) is 12.8 Å². The largest absolute Gasteiger partial charge is 0.450 e. The molecule has 3 atom stereocenters. The third-order valence-electron chi connectivity index (χ3n) is 4.45. The van der Waals surface area contributed by atoms with E-state index in [1.54, 1.807) is 30.2 Å². The first-order valence-electron chi connectivity index (χ1n) is 7.33. The maximum Gasteiger partial charge on any atom is 0.410 e. The number of hydrogen-bond donors (Lipinski definition) is 1. The number of hydrogen-bond acceptors (Lipinski definition) is 4. The number of carbonyl (C=O) groups excluding carboxylic acids is 1. The average molecular weight is 311 g/mol. The molecular formula is C15H19ClN2O3. The van der Waals surface area contributed by atoms with Crippen LogP contribution in [0.2, 0.25) is 5.02 Å². The Morgan fingerprint density at radius 3 is 2.67 bits per heavy atom. The molecule has 1 aromatic heterocycles. The van der Waals surface area contributed by atoms with Crippen LogP contribution in [-0.2, 0) is 10.3 Å². The number of ether oxygens (including phenoxy) is 1. The molecule has 2 aliphatic rings. The first-order chi connectivity index (χ1) is 10.0. The van der Waals surface area contributed by atoms with Crippen molar-refractivity contribution in [2.24, 2.45) is 0 Å². The number of nitrogens with zero attached hydrogens (tertiary/aromatic N) is 2. The van der Waals surface area contributed by atoms with Crippen LogP contribution in [0.5, 0.6) is 0 Å². The predicted molar refractivity (Wildman–Crippen MR) is 78.0 cm³/mol. The fourth-order valence-corrected chi connectivity index (χ4v) is 3.69. The SMILES string of the molecule is CCOC(=O)N1[C@@H]2CC[C@H]1CC(O)(c1ccc(Cl)cn1)C2. The highest BCUT2D eigenvalue weighted by Crippen LogP contribution is 2.45. The van der Waals surface area contributed by atoms with Gasteiger partial charge in [0.1, 0.15) is 5.60 Å². The molecule has 0 radical (unpaired) electrons. The lowest BCUT2D eigenvalue weighted by Crippen LogP contribution is -2.52. The van der Waals surface area contributed by atoms with Crippen molar-refractivity contribution in [2.75, 3.05) is 6.61 Å². The highest BCUT2D eigenvalue weighted by Gasteiger charge is 2.51. The maximum atomic E-state index is 12.0. The Bertz CT molecular complexity index is 520. The Labute approximate surface area is 128 Å². The molecule has 1 amide bonds. The van der Waals surface area contributed by atoms with Crippen LogP contribution in [0.4, 0.5) is 4.79 Å². The zero-order valence-corrected chi connectivity index (χ0v) is 12.7. The van der Waals surface area contributed by atoms with Crippen molar-refractivity contribution < 1.29 is 14.6 Å². The van der Waals surface area contributed by atoms with Gasteiger partial charge in [-0.25, -0.2) is 4.79 Å². The summed E-state index contributed by atoms with van der Waals surface area (Å²) < 4.78 is 5.12. The maximum absolute atomic E-state index is 12.0. The van der Waals surface area contributed by atoms with E-state index in [1.807, 2.05) is 0 Å². The summed E-state index contributed by atoms with van der Waals surface area (Å²) in [4.78, 5) is 18.1. The number of amides is 1. The van der Waals surface area contributed by atoms with Gasteiger partial charge >= 0.3 is 6.09 Å². The molecule has 3 rings (SSSR count). The van der Waals surface area contributed by atoms with Crippen LogP contribution in [0.15, 0.2) is 18.3 Å². The van der Waals surface area contributed by atoms with E-state index in [4.69, 9.17) is 16.3 Å². The minimum atomic E-state index is -0.987. The monoisotopic (exact) mass is 310 g/mol. The lowest BCUT2D eigenvalue weighted by molar-refractivity contribution is -0.0553. The van der Waals surface area contributed by atoms with Crippen LogP contribution < -0.4 is 0 Å². The van der Waals surface area contributed by atoms with Crippen molar-refractivity contribution in [2.45, 2.75) is 50.3 Å². The number of halogens is 1. The number of carbonyl (C=O) groups is 1. The number of rotatable bonds is 2. The van der Waals surface area contributed by atoms with Crippen LogP contribution in [-0.4, -0.2) is 39.8 Å². The van der Waals surface area contributed by atoms with Crippen LogP contribution in [0.3, 0.4) is 0 Å². The lowest BCUT2D eigenvalue weighted by atomic mass is 9.83. The Balaban J connectivity index is 1.81. The first-order valence-corrected chi connectivity index (χ1v) is 7.71. The quantitative estimate of drug-likeness (QED) is 0.912. The molecule has 2 fully saturated rings. The molecule has 2 saturated heterocycles. The van der Waals surface area contributed by atoms with E-state index >= 15 is 0 Å². The summed E-state index contributed by atoms with van der Waals surface area (Å²) in [7, 11) is 0. The molecule has 1 N–H and O–H groups in total. The van der Waals surface area contributed by atoms with Gasteiger partial charge in [-0.1, -0.05) is 11.6 Å². The van der Waals surface area contributed by atoms with Crippen LogP contribution in [0.25, 0.3) is 0 Å². The summed E-state index contributed by atoms with van der Waals surface area (Å²) in [5.74, 6) is 0. The minimum absolute atomic E-state index is 0.0188. The fraction of sp³-hybridized carbons (Fsp3) is 0.600. The average Bonchev–Trinajstić information content (AvgIpc) is 2.73. The number of fused-ring (bicyclic) bond motifs is 2. The molecule has 5 nitrogen and oxygen atoms in total. The number of aromatic nitrogens is 1. The summed E-state index contributed by atoms with van der Waals surface area (Å²) in [6, 6.07) is 3.54. The van der Waals surface area contributed by atoms with Crippen molar-refractivity contribution in [3.05, 3.63) is 29.0 Å². The summed E-state index contributed by atoms with van der Waals surface area (Å²) in [5.41, 5.74) is -0.355. The summed E-state index contributed by atoms with van der Waals surface area (Å²) in [5, 5.41) is 11.5. The first kappa shape index (κ1) is 14.6. The van der Waals surface area contributed by atoms with E-state index in [9.17, 15) is 9.90 Å². The van der Waals surface area contributed by atoms with Gasteiger partial charge in [-0.15, -0.1) is 0 Å². The Kier molecular flexibility index (Phi) is 3.80. The number of piperidine rings is 1. The number of aliphatic hydroxyl groups is 1.